The van der Waals surface area contributed by atoms with Crippen LogP contribution in [0.25, 0.3) is 11.0 Å². The predicted octanol–water partition coefficient (Wildman–Crippen LogP) is 3.71. The molecule has 112 valence electrons. The first-order valence-electron chi connectivity index (χ1n) is 7.90. The molecule has 4 rings (SSSR count). The zero-order valence-corrected chi connectivity index (χ0v) is 13.4. The van der Waals surface area contributed by atoms with Crippen LogP contribution in [0.4, 0.5) is 0 Å². The standard InChI is InChI=1S/C17H22ClN3/c1-17(2)12-8-11(9-13(12)17)19-6-7-21-10-20-15-5-3-4-14(18)16(15)21/h3-5,10-13,19H,6-9H2,1-2H3. The summed E-state index contributed by atoms with van der Waals surface area (Å²) in [4.78, 5) is 4.42. The summed E-state index contributed by atoms with van der Waals surface area (Å²) in [6, 6.07) is 6.60. The topological polar surface area (TPSA) is 29.9 Å². The Morgan fingerprint density at radius 3 is 2.86 bits per heavy atom. The van der Waals surface area contributed by atoms with E-state index in [1.165, 1.54) is 12.8 Å². The van der Waals surface area contributed by atoms with Gasteiger partial charge in [0.1, 0.15) is 0 Å². The average Bonchev–Trinajstić information content (AvgIpc) is 2.87. The summed E-state index contributed by atoms with van der Waals surface area (Å²) < 4.78 is 2.16. The van der Waals surface area contributed by atoms with Crippen molar-refractivity contribution in [3.05, 3.63) is 29.5 Å². The van der Waals surface area contributed by atoms with Crippen LogP contribution in [0.2, 0.25) is 5.02 Å². The average molecular weight is 304 g/mol. The van der Waals surface area contributed by atoms with Gasteiger partial charge in [0.05, 0.1) is 22.4 Å². The number of imidazole rings is 1. The van der Waals surface area contributed by atoms with E-state index in [4.69, 9.17) is 11.6 Å². The summed E-state index contributed by atoms with van der Waals surface area (Å²) in [5.41, 5.74) is 2.65. The van der Waals surface area contributed by atoms with E-state index in [2.05, 4.69) is 28.7 Å². The zero-order chi connectivity index (χ0) is 14.6. The Morgan fingerprint density at radius 1 is 1.33 bits per heavy atom. The molecule has 2 aromatic rings. The summed E-state index contributed by atoms with van der Waals surface area (Å²) in [5.74, 6) is 1.91. The van der Waals surface area contributed by atoms with Crippen LogP contribution < -0.4 is 5.32 Å². The molecule has 0 amide bonds. The van der Waals surface area contributed by atoms with E-state index in [-0.39, 0.29) is 0 Å². The minimum absolute atomic E-state index is 0.617. The van der Waals surface area contributed by atoms with Gasteiger partial charge >= 0.3 is 0 Å². The van der Waals surface area contributed by atoms with Crippen LogP contribution in [0.5, 0.6) is 0 Å². The van der Waals surface area contributed by atoms with Gasteiger partial charge in [-0.25, -0.2) is 4.98 Å². The van der Waals surface area contributed by atoms with Gasteiger partial charge in [-0.1, -0.05) is 31.5 Å². The lowest BCUT2D eigenvalue weighted by molar-refractivity contribution is 0.381. The Morgan fingerprint density at radius 2 is 2.10 bits per heavy atom. The number of hydrogen-bond acceptors (Lipinski definition) is 2. The van der Waals surface area contributed by atoms with Crippen molar-refractivity contribution in [2.24, 2.45) is 17.3 Å². The molecule has 1 aromatic heterocycles. The molecule has 1 aromatic carbocycles. The van der Waals surface area contributed by atoms with E-state index < -0.39 is 0 Å². The molecule has 1 N–H and O–H groups in total. The molecule has 2 saturated carbocycles. The summed E-state index contributed by atoms with van der Waals surface area (Å²) >= 11 is 6.28. The first-order chi connectivity index (χ1) is 10.1. The van der Waals surface area contributed by atoms with Crippen molar-refractivity contribution < 1.29 is 0 Å². The number of rotatable bonds is 4. The van der Waals surface area contributed by atoms with Crippen LogP contribution in [0.1, 0.15) is 26.7 Å². The van der Waals surface area contributed by atoms with E-state index in [1.807, 2.05) is 24.5 Å². The normalized spacial score (nSPS) is 29.8. The van der Waals surface area contributed by atoms with Crippen LogP contribution in [-0.2, 0) is 6.54 Å². The lowest BCUT2D eigenvalue weighted by Gasteiger charge is -2.18. The summed E-state index contributed by atoms with van der Waals surface area (Å²) in [6.45, 7) is 6.74. The molecule has 0 aliphatic heterocycles. The number of nitrogens with zero attached hydrogens (tertiary/aromatic N) is 2. The van der Waals surface area contributed by atoms with Crippen molar-refractivity contribution >= 4 is 22.6 Å². The molecular weight excluding hydrogens is 282 g/mol. The Kier molecular flexibility index (Phi) is 3.05. The second kappa shape index (κ2) is 4.72. The number of fused-ring (bicyclic) bond motifs is 2. The van der Waals surface area contributed by atoms with E-state index >= 15 is 0 Å². The molecule has 4 heteroatoms. The molecule has 2 fully saturated rings. The molecule has 2 atom stereocenters. The highest BCUT2D eigenvalue weighted by atomic mass is 35.5. The third-order valence-electron chi connectivity index (χ3n) is 5.74. The molecule has 0 radical (unpaired) electrons. The maximum atomic E-state index is 6.28. The first-order valence-corrected chi connectivity index (χ1v) is 8.28. The number of nitrogens with one attached hydrogen (secondary N) is 1. The van der Waals surface area contributed by atoms with Gasteiger partial charge < -0.3 is 9.88 Å². The van der Waals surface area contributed by atoms with Gasteiger partial charge in [-0.05, 0) is 42.2 Å². The summed E-state index contributed by atoms with van der Waals surface area (Å²) in [5, 5.41) is 4.50. The summed E-state index contributed by atoms with van der Waals surface area (Å²) in [7, 11) is 0. The fourth-order valence-corrected chi connectivity index (χ4v) is 4.59. The maximum absolute atomic E-state index is 6.28. The zero-order valence-electron chi connectivity index (χ0n) is 12.6. The number of aromatic nitrogens is 2. The minimum atomic E-state index is 0.617. The fourth-order valence-electron chi connectivity index (χ4n) is 4.31. The monoisotopic (exact) mass is 303 g/mol. The van der Waals surface area contributed by atoms with Crippen molar-refractivity contribution in [3.8, 4) is 0 Å². The number of halogens is 1. The molecule has 0 spiro atoms. The smallest absolute Gasteiger partial charge is 0.0959 e. The van der Waals surface area contributed by atoms with Crippen molar-refractivity contribution in [2.45, 2.75) is 39.3 Å². The molecule has 2 aliphatic carbocycles. The van der Waals surface area contributed by atoms with E-state index in [9.17, 15) is 0 Å². The Balaban J connectivity index is 1.35. The molecular formula is C17H22ClN3. The number of hydrogen-bond donors (Lipinski definition) is 1. The van der Waals surface area contributed by atoms with E-state index in [0.29, 0.717) is 11.5 Å². The van der Waals surface area contributed by atoms with Gasteiger partial charge in [0.2, 0.25) is 0 Å². The highest BCUT2D eigenvalue weighted by Crippen LogP contribution is 2.66. The van der Waals surface area contributed by atoms with Crippen molar-refractivity contribution in [3.63, 3.8) is 0 Å². The molecule has 2 aliphatic rings. The third-order valence-corrected chi connectivity index (χ3v) is 6.04. The molecule has 2 unspecified atom stereocenters. The third kappa shape index (κ3) is 2.18. The van der Waals surface area contributed by atoms with Gasteiger partial charge in [0.25, 0.3) is 0 Å². The quantitative estimate of drug-likeness (QED) is 0.933. The van der Waals surface area contributed by atoms with Crippen LogP contribution in [0, 0.1) is 17.3 Å². The van der Waals surface area contributed by atoms with Gasteiger partial charge in [0.15, 0.2) is 0 Å². The second-order valence-electron chi connectivity index (χ2n) is 7.20. The molecule has 21 heavy (non-hydrogen) atoms. The minimum Gasteiger partial charge on any atom is -0.328 e. The van der Waals surface area contributed by atoms with E-state index in [1.54, 1.807) is 0 Å². The van der Waals surface area contributed by atoms with Gasteiger partial charge in [-0.15, -0.1) is 0 Å². The van der Waals surface area contributed by atoms with Crippen molar-refractivity contribution in [1.29, 1.82) is 0 Å². The molecule has 1 heterocycles. The number of benzene rings is 1. The SMILES string of the molecule is CC1(C)C2CC(NCCn3cnc4cccc(Cl)c43)CC21. The van der Waals surface area contributed by atoms with Crippen LogP contribution in [0.3, 0.4) is 0 Å². The highest BCUT2D eigenvalue weighted by Gasteiger charge is 2.61. The first kappa shape index (κ1) is 13.6. The predicted molar refractivity (Wildman–Crippen MR) is 86.5 cm³/mol. The largest absolute Gasteiger partial charge is 0.328 e. The van der Waals surface area contributed by atoms with Crippen LogP contribution in [0.15, 0.2) is 24.5 Å². The van der Waals surface area contributed by atoms with Crippen molar-refractivity contribution in [2.75, 3.05) is 6.54 Å². The fraction of sp³-hybridized carbons (Fsp3) is 0.588. The Hall–Kier alpha value is -1.06. The van der Waals surface area contributed by atoms with Crippen LogP contribution >= 0.6 is 11.6 Å². The number of para-hydroxylation sites is 1. The highest BCUT2D eigenvalue weighted by molar-refractivity contribution is 6.34. The van der Waals surface area contributed by atoms with Gasteiger partial charge in [-0.2, -0.15) is 0 Å². The molecule has 0 saturated heterocycles. The summed E-state index contributed by atoms with van der Waals surface area (Å²) in [6.07, 6.45) is 4.60. The lowest BCUT2D eigenvalue weighted by Crippen LogP contribution is -2.31. The second-order valence-corrected chi connectivity index (χ2v) is 7.61. The Bertz CT molecular complexity index is 662. The van der Waals surface area contributed by atoms with Gasteiger partial charge in [-0.3, -0.25) is 0 Å². The Labute approximate surface area is 130 Å². The lowest BCUT2D eigenvalue weighted by atomic mass is 9.98. The van der Waals surface area contributed by atoms with Gasteiger partial charge in [0, 0.05) is 19.1 Å². The molecule has 3 nitrogen and oxygen atoms in total. The van der Waals surface area contributed by atoms with E-state index in [0.717, 1.165) is 41.0 Å². The van der Waals surface area contributed by atoms with Crippen LogP contribution in [-0.4, -0.2) is 22.1 Å². The molecule has 0 bridgehead atoms. The van der Waals surface area contributed by atoms with Crippen molar-refractivity contribution in [1.82, 2.24) is 14.9 Å². The maximum Gasteiger partial charge on any atom is 0.0959 e.